The van der Waals surface area contributed by atoms with Gasteiger partial charge in [-0.1, -0.05) is 0 Å². The Balaban J connectivity index is 2.59. The number of carbonyl (C=O) groups is 3. The number of hydrogen-bond donors (Lipinski definition) is 3. The van der Waals surface area contributed by atoms with Crippen LogP contribution in [-0.2, 0) is 4.79 Å². The van der Waals surface area contributed by atoms with Gasteiger partial charge in [0.25, 0.3) is 11.8 Å². The van der Waals surface area contributed by atoms with Gasteiger partial charge >= 0.3 is 0 Å². The van der Waals surface area contributed by atoms with Crippen molar-refractivity contribution in [3.8, 4) is 11.5 Å². The van der Waals surface area contributed by atoms with Gasteiger partial charge in [-0.3, -0.25) is 19.3 Å². The Morgan fingerprint density at radius 1 is 1.16 bits per heavy atom. The summed E-state index contributed by atoms with van der Waals surface area (Å²) in [7, 11) is 2.95. The summed E-state index contributed by atoms with van der Waals surface area (Å²) in [6.45, 7) is 7.09. The summed E-state index contributed by atoms with van der Waals surface area (Å²) < 4.78 is 14.5. The van der Waals surface area contributed by atoms with Crippen LogP contribution in [0.25, 0.3) is 0 Å². The highest BCUT2D eigenvalue weighted by molar-refractivity contribution is 7.09. The Hall–Kier alpha value is -3.34. The number of ether oxygens (including phenoxy) is 2. The second-order valence-corrected chi connectivity index (χ2v) is 8.54. The average Bonchev–Trinajstić information content (AvgIpc) is 3.08. The molecule has 1 aromatic heterocycles. The molecule has 0 aliphatic carbocycles. The Labute approximate surface area is 184 Å². The highest BCUT2D eigenvalue weighted by Gasteiger charge is 2.33. The van der Waals surface area contributed by atoms with Crippen LogP contribution in [0.15, 0.2) is 18.2 Å². The maximum Gasteiger partial charge on any atom is 0.272 e. The van der Waals surface area contributed by atoms with E-state index in [0.29, 0.717) is 17.2 Å². The first kappa shape index (κ1) is 23.9. The molecule has 3 amide bonds. The number of nitrogens with one attached hydrogen (secondary N) is 1. The second-order valence-electron chi connectivity index (χ2n) is 7.77. The molecule has 1 atom stereocenters. The van der Waals surface area contributed by atoms with Crippen molar-refractivity contribution in [3.05, 3.63) is 28.8 Å². The Kier molecular flexibility index (Phi) is 7.11. The highest BCUT2D eigenvalue weighted by atomic mass is 32.1. The average molecular weight is 450 g/mol. The number of benzene rings is 1. The predicted molar refractivity (Wildman–Crippen MR) is 119 cm³/mol. The Morgan fingerprint density at radius 3 is 2.26 bits per heavy atom. The molecule has 1 aromatic carbocycles. The summed E-state index contributed by atoms with van der Waals surface area (Å²) in [6, 6.07) is 3.88. The summed E-state index contributed by atoms with van der Waals surface area (Å²) in [4.78, 5) is 39.2. The number of nitrogens with zero attached hydrogens (tertiary/aromatic N) is 2. The van der Waals surface area contributed by atoms with E-state index >= 15 is 0 Å². The zero-order chi connectivity index (χ0) is 23.5. The number of hydrogen-bond acceptors (Lipinski definition) is 8. The molecule has 10 nitrogen and oxygen atoms in total. The lowest BCUT2D eigenvalue weighted by Crippen LogP contribution is -2.52. The van der Waals surface area contributed by atoms with Crippen LogP contribution in [0.1, 0.15) is 47.9 Å². The maximum absolute atomic E-state index is 13.5. The lowest BCUT2D eigenvalue weighted by atomic mass is 10.1. The first-order valence-corrected chi connectivity index (χ1v) is 10.1. The number of aromatic nitrogens is 1. The summed E-state index contributed by atoms with van der Waals surface area (Å²) in [5, 5.41) is 2.86. The smallest absolute Gasteiger partial charge is 0.272 e. The van der Waals surface area contributed by atoms with Crippen molar-refractivity contribution in [3.63, 3.8) is 0 Å². The first-order valence-electron chi connectivity index (χ1n) is 9.33. The third-order valence-electron chi connectivity index (χ3n) is 4.28. The normalized spacial score (nSPS) is 12.1. The van der Waals surface area contributed by atoms with Crippen LogP contribution in [0.5, 0.6) is 11.5 Å². The van der Waals surface area contributed by atoms with Gasteiger partial charge in [-0.25, -0.2) is 0 Å². The molecule has 0 saturated heterocycles. The Bertz CT molecular complexity index is 998. The number of amides is 3. The molecule has 2 rings (SSSR count). The van der Waals surface area contributed by atoms with Crippen LogP contribution in [0.4, 0.5) is 11.4 Å². The maximum atomic E-state index is 13.5. The van der Waals surface area contributed by atoms with E-state index in [4.69, 9.17) is 20.9 Å². The monoisotopic (exact) mass is 449 g/mol. The number of anilines is 2. The molecule has 0 aliphatic heterocycles. The number of rotatable bonds is 7. The van der Waals surface area contributed by atoms with Crippen molar-refractivity contribution in [2.24, 2.45) is 5.73 Å². The van der Waals surface area contributed by atoms with Gasteiger partial charge in [0, 0.05) is 17.3 Å². The van der Waals surface area contributed by atoms with Gasteiger partial charge in [0.2, 0.25) is 5.91 Å². The van der Waals surface area contributed by atoms with Gasteiger partial charge < -0.3 is 26.3 Å². The molecule has 168 valence electrons. The largest absolute Gasteiger partial charge is 0.493 e. The zero-order valence-electron chi connectivity index (χ0n) is 18.3. The Morgan fingerprint density at radius 2 is 1.77 bits per heavy atom. The van der Waals surface area contributed by atoms with Gasteiger partial charge in [0.15, 0.2) is 17.2 Å². The fourth-order valence-electron chi connectivity index (χ4n) is 2.82. The molecule has 1 heterocycles. The van der Waals surface area contributed by atoms with Crippen LogP contribution < -0.4 is 31.2 Å². The molecule has 0 fully saturated rings. The lowest BCUT2D eigenvalue weighted by molar-refractivity contribution is -0.123. The molecule has 0 bridgehead atoms. The van der Waals surface area contributed by atoms with Gasteiger partial charge in [-0.2, -0.15) is 4.37 Å². The predicted octanol–water partition coefficient (Wildman–Crippen LogP) is 1.79. The molecule has 0 spiro atoms. The molecule has 0 unspecified atom stereocenters. The molecule has 0 aliphatic rings. The quantitative estimate of drug-likeness (QED) is 0.583. The number of nitrogen functional groups attached to an aromatic ring is 1. The van der Waals surface area contributed by atoms with E-state index in [0.717, 1.165) is 11.5 Å². The van der Waals surface area contributed by atoms with Crippen LogP contribution in [0.2, 0.25) is 0 Å². The van der Waals surface area contributed by atoms with E-state index in [1.807, 2.05) is 20.8 Å². The van der Waals surface area contributed by atoms with E-state index in [1.54, 1.807) is 25.1 Å². The minimum Gasteiger partial charge on any atom is -0.493 e. The fraction of sp³-hybridized carbons (Fsp3) is 0.400. The van der Waals surface area contributed by atoms with Crippen LogP contribution in [0.3, 0.4) is 0 Å². The first-order chi connectivity index (χ1) is 14.4. The van der Waals surface area contributed by atoms with Crippen LogP contribution in [-0.4, -0.2) is 47.9 Å². The van der Waals surface area contributed by atoms with Crippen LogP contribution >= 0.6 is 11.5 Å². The van der Waals surface area contributed by atoms with E-state index < -0.39 is 23.4 Å². The van der Waals surface area contributed by atoms with E-state index in [-0.39, 0.29) is 22.2 Å². The van der Waals surface area contributed by atoms with Gasteiger partial charge in [-0.15, -0.1) is 0 Å². The second kappa shape index (κ2) is 9.21. The van der Waals surface area contributed by atoms with Crippen molar-refractivity contribution >= 4 is 40.6 Å². The number of methoxy groups -OCH3 is 2. The molecular weight excluding hydrogens is 422 g/mol. The van der Waals surface area contributed by atoms with Crippen molar-refractivity contribution in [2.45, 2.75) is 39.3 Å². The fourth-order valence-corrected chi connectivity index (χ4v) is 3.56. The lowest BCUT2D eigenvalue weighted by Gasteiger charge is -2.31. The molecule has 2 aromatic rings. The molecule has 31 heavy (non-hydrogen) atoms. The van der Waals surface area contributed by atoms with Crippen molar-refractivity contribution < 1.29 is 23.9 Å². The molecular formula is C20H27N5O5S. The summed E-state index contributed by atoms with van der Waals surface area (Å²) in [5.41, 5.74) is 10.8. The minimum atomic E-state index is -0.927. The van der Waals surface area contributed by atoms with Crippen molar-refractivity contribution in [2.75, 3.05) is 24.9 Å². The summed E-state index contributed by atoms with van der Waals surface area (Å²) >= 11 is 0.741. The molecule has 5 N–H and O–H groups in total. The number of nitrogens with two attached hydrogens (primary N) is 2. The topological polar surface area (TPSA) is 150 Å². The van der Waals surface area contributed by atoms with Gasteiger partial charge in [0.1, 0.15) is 10.9 Å². The molecule has 0 radical (unpaired) electrons. The zero-order valence-corrected chi connectivity index (χ0v) is 19.1. The standard InChI is InChI=1S/C20H27N5O5S/c1-10(18(27)23-20(2,3)4)25(11-7-8-12(29-5)13(9-11)30-6)19(28)16-14(21)15(17(22)26)24-31-16/h7-10H,21H2,1-6H3,(H2,22,26)(H,23,27)/t10-/m0/s1. The minimum absolute atomic E-state index is 0.000932. The van der Waals surface area contributed by atoms with E-state index in [9.17, 15) is 14.4 Å². The molecule has 0 saturated carbocycles. The van der Waals surface area contributed by atoms with Gasteiger partial charge in [0.05, 0.1) is 19.9 Å². The number of carbonyl (C=O) groups excluding carboxylic acids is 3. The third kappa shape index (κ3) is 5.23. The number of primary amides is 1. The molecule has 11 heteroatoms. The SMILES string of the molecule is COc1ccc(N(C(=O)c2snc(C(N)=O)c2N)[C@@H](C)C(=O)NC(C)(C)C)cc1OC. The van der Waals surface area contributed by atoms with E-state index in [2.05, 4.69) is 9.69 Å². The van der Waals surface area contributed by atoms with Gasteiger partial charge in [-0.05, 0) is 51.4 Å². The van der Waals surface area contributed by atoms with Crippen molar-refractivity contribution in [1.82, 2.24) is 9.69 Å². The summed E-state index contributed by atoms with van der Waals surface area (Å²) in [5.74, 6) is -1.00. The van der Waals surface area contributed by atoms with Crippen molar-refractivity contribution in [1.29, 1.82) is 0 Å². The van der Waals surface area contributed by atoms with E-state index in [1.165, 1.54) is 19.1 Å². The third-order valence-corrected chi connectivity index (χ3v) is 5.14. The highest BCUT2D eigenvalue weighted by Crippen LogP contribution is 2.34. The summed E-state index contributed by atoms with van der Waals surface area (Å²) in [6.07, 6.45) is 0. The van der Waals surface area contributed by atoms with Crippen LogP contribution in [0, 0.1) is 0 Å².